The summed E-state index contributed by atoms with van der Waals surface area (Å²) in [4.78, 5) is 2.43. The molecule has 2 heteroatoms. The standard InChI is InChI=1S/C49H35NO/c1-49(2)42-29-25-35(38-19-12-20-40-39-18-9-10-22-45(39)51-48(38)40)31-41(42)47-44(30-26-34-15-11-21-43(49)46(34)47)50(36-16-7-4-8-17-36)37-27-23-33(24-28-37)32-13-5-3-6-14-32/h3-31H,1-2H3. The van der Waals surface area contributed by atoms with Crippen LogP contribution in [0.2, 0.25) is 0 Å². The molecule has 0 fully saturated rings. The van der Waals surface area contributed by atoms with Gasteiger partial charge in [-0.25, -0.2) is 0 Å². The highest BCUT2D eigenvalue weighted by Gasteiger charge is 2.36. The summed E-state index contributed by atoms with van der Waals surface area (Å²) >= 11 is 0. The number of furan rings is 1. The lowest BCUT2D eigenvalue weighted by Gasteiger charge is -2.38. The van der Waals surface area contributed by atoms with E-state index in [0.717, 1.165) is 50.1 Å². The van der Waals surface area contributed by atoms with Gasteiger partial charge in [0.25, 0.3) is 0 Å². The maximum absolute atomic E-state index is 6.55. The normalized spacial score (nSPS) is 13.1. The molecule has 0 unspecified atom stereocenters. The first-order chi connectivity index (χ1) is 25.1. The average molecular weight is 654 g/mol. The molecule has 1 aliphatic rings. The van der Waals surface area contributed by atoms with Crippen LogP contribution >= 0.6 is 0 Å². The number of anilines is 3. The van der Waals surface area contributed by atoms with Crippen molar-refractivity contribution in [1.29, 1.82) is 0 Å². The zero-order valence-electron chi connectivity index (χ0n) is 28.6. The molecule has 1 aromatic heterocycles. The monoisotopic (exact) mass is 653 g/mol. The number of fused-ring (bicyclic) bond motifs is 5. The molecule has 8 aromatic carbocycles. The van der Waals surface area contributed by atoms with E-state index in [-0.39, 0.29) is 5.41 Å². The Hall–Kier alpha value is -6.38. The molecule has 10 rings (SSSR count). The van der Waals surface area contributed by atoms with Crippen molar-refractivity contribution in [2.24, 2.45) is 0 Å². The number of benzene rings is 8. The lowest BCUT2D eigenvalue weighted by atomic mass is 9.67. The molecule has 9 aromatic rings. The molecule has 0 atom stereocenters. The molecule has 0 amide bonds. The SMILES string of the molecule is CC1(C)c2ccc(-c3cccc4c3oc3ccccc34)cc2-c2c(N(c3ccccc3)c3ccc(-c4ccccc4)cc3)ccc3cccc1c23. The fraction of sp³-hybridized carbons (Fsp3) is 0.0612. The van der Waals surface area contributed by atoms with E-state index < -0.39 is 0 Å². The van der Waals surface area contributed by atoms with E-state index in [1.807, 2.05) is 6.07 Å². The molecule has 51 heavy (non-hydrogen) atoms. The number of hydrogen-bond acceptors (Lipinski definition) is 2. The molecule has 1 aliphatic carbocycles. The molecule has 242 valence electrons. The van der Waals surface area contributed by atoms with E-state index in [1.165, 1.54) is 44.2 Å². The third-order valence-corrected chi connectivity index (χ3v) is 10.9. The van der Waals surface area contributed by atoms with E-state index in [0.29, 0.717) is 0 Å². The molecule has 0 bridgehead atoms. The number of rotatable bonds is 5. The Balaban J connectivity index is 1.24. The van der Waals surface area contributed by atoms with Crippen molar-refractivity contribution in [2.75, 3.05) is 4.90 Å². The summed E-state index contributed by atoms with van der Waals surface area (Å²) < 4.78 is 6.55. The van der Waals surface area contributed by atoms with Crippen molar-refractivity contribution in [3.8, 4) is 33.4 Å². The number of hydrogen-bond donors (Lipinski definition) is 0. The van der Waals surface area contributed by atoms with Crippen molar-refractivity contribution in [2.45, 2.75) is 19.3 Å². The molecule has 0 N–H and O–H groups in total. The van der Waals surface area contributed by atoms with Gasteiger partial charge in [0.2, 0.25) is 0 Å². The van der Waals surface area contributed by atoms with Crippen LogP contribution < -0.4 is 4.90 Å². The smallest absolute Gasteiger partial charge is 0.143 e. The van der Waals surface area contributed by atoms with Gasteiger partial charge in [-0.2, -0.15) is 0 Å². The quantitative estimate of drug-likeness (QED) is 0.184. The lowest BCUT2D eigenvalue weighted by molar-refractivity contribution is 0.645. The first-order valence-electron chi connectivity index (χ1n) is 17.7. The average Bonchev–Trinajstić information content (AvgIpc) is 3.57. The van der Waals surface area contributed by atoms with Crippen LogP contribution in [0.1, 0.15) is 25.0 Å². The maximum atomic E-state index is 6.55. The molecular formula is C49H35NO. The number of nitrogens with zero attached hydrogens (tertiary/aromatic N) is 1. The Bertz CT molecular complexity index is 2760. The van der Waals surface area contributed by atoms with Crippen molar-refractivity contribution in [3.63, 3.8) is 0 Å². The third kappa shape index (κ3) is 4.57. The van der Waals surface area contributed by atoms with E-state index in [9.17, 15) is 0 Å². The Morgan fingerprint density at radius 2 is 1.14 bits per heavy atom. The highest BCUT2D eigenvalue weighted by atomic mass is 16.3. The first-order valence-corrected chi connectivity index (χ1v) is 17.7. The van der Waals surface area contributed by atoms with Crippen LogP contribution in [0.15, 0.2) is 180 Å². The largest absolute Gasteiger partial charge is 0.455 e. The van der Waals surface area contributed by atoms with Gasteiger partial charge in [0.1, 0.15) is 11.2 Å². The van der Waals surface area contributed by atoms with Gasteiger partial charge in [-0.1, -0.05) is 147 Å². The van der Waals surface area contributed by atoms with Crippen LogP contribution in [0.25, 0.3) is 66.1 Å². The first kappa shape index (κ1) is 29.5. The van der Waals surface area contributed by atoms with Crippen LogP contribution in [0.5, 0.6) is 0 Å². The van der Waals surface area contributed by atoms with E-state index >= 15 is 0 Å². The highest BCUT2D eigenvalue weighted by Crippen LogP contribution is 2.54. The topological polar surface area (TPSA) is 16.4 Å². The van der Waals surface area contributed by atoms with Crippen molar-refractivity contribution < 1.29 is 4.42 Å². The summed E-state index contributed by atoms with van der Waals surface area (Å²) in [5, 5.41) is 4.85. The molecule has 1 heterocycles. The van der Waals surface area contributed by atoms with Crippen molar-refractivity contribution in [1.82, 2.24) is 0 Å². The lowest BCUT2D eigenvalue weighted by Crippen LogP contribution is -2.24. The molecule has 0 saturated heterocycles. The van der Waals surface area contributed by atoms with E-state index in [1.54, 1.807) is 0 Å². The summed E-state index contributed by atoms with van der Waals surface area (Å²) in [7, 11) is 0. The van der Waals surface area contributed by atoms with Gasteiger partial charge >= 0.3 is 0 Å². The van der Waals surface area contributed by atoms with Gasteiger partial charge in [0.05, 0.1) is 5.69 Å². The minimum atomic E-state index is -0.195. The molecule has 0 aliphatic heterocycles. The number of para-hydroxylation sites is 3. The second kappa shape index (κ2) is 11.3. The Kier molecular flexibility index (Phi) is 6.56. The fourth-order valence-electron chi connectivity index (χ4n) is 8.37. The molecule has 2 nitrogen and oxygen atoms in total. The molecule has 0 radical (unpaired) electrons. The van der Waals surface area contributed by atoms with Gasteiger partial charge in [-0.3, -0.25) is 0 Å². The van der Waals surface area contributed by atoms with Gasteiger partial charge in [-0.05, 0) is 86.6 Å². The Morgan fingerprint density at radius 1 is 0.471 bits per heavy atom. The highest BCUT2D eigenvalue weighted by molar-refractivity contribution is 6.12. The van der Waals surface area contributed by atoms with E-state index in [4.69, 9.17) is 4.42 Å². The van der Waals surface area contributed by atoms with Crippen LogP contribution in [-0.4, -0.2) is 0 Å². The summed E-state index contributed by atoms with van der Waals surface area (Å²) in [6, 6.07) is 63.6. The van der Waals surface area contributed by atoms with Crippen LogP contribution in [-0.2, 0) is 5.41 Å². The molecule has 0 saturated carbocycles. The summed E-state index contributed by atoms with van der Waals surface area (Å²) in [6.45, 7) is 4.74. The predicted molar refractivity (Wildman–Crippen MR) is 214 cm³/mol. The maximum Gasteiger partial charge on any atom is 0.143 e. The van der Waals surface area contributed by atoms with Crippen LogP contribution in [0.4, 0.5) is 17.1 Å². The van der Waals surface area contributed by atoms with Crippen LogP contribution in [0.3, 0.4) is 0 Å². The third-order valence-electron chi connectivity index (χ3n) is 10.9. The summed E-state index contributed by atoms with van der Waals surface area (Å²) in [5.41, 5.74) is 14.9. The van der Waals surface area contributed by atoms with Crippen LogP contribution in [0, 0.1) is 0 Å². The Labute approximate surface area is 297 Å². The molecular weight excluding hydrogens is 619 g/mol. The van der Waals surface area contributed by atoms with Gasteiger partial charge in [0.15, 0.2) is 0 Å². The summed E-state index contributed by atoms with van der Waals surface area (Å²) in [5.74, 6) is 0. The second-order valence-electron chi connectivity index (χ2n) is 14.1. The minimum Gasteiger partial charge on any atom is -0.455 e. The van der Waals surface area contributed by atoms with E-state index in [2.05, 4.69) is 189 Å². The van der Waals surface area contributed by atoms with Crippen molar-refractivity contribution >= 4 is 49.8 Å². The summed E-state index contributed by atoms with van der Waals surface area (Å²) in [6.07, 6.45) is 0. The molecule has 0 spiro atoms. The minimum absolute atomic E-state index is 0.195. The van der Waals surface area contributed by atoms with Crippen molar-refractivity contribution in [3.05, 3.63) is 187 Å². The van der Waals surface area contributed by atoms with Gasteiger partial charge in [0, 0.05) is 38.7 Å². The second-order valence-corrected chi connectivity index (χ2v) is 14.1. The zero-order valence-corrected chi connectivity index (χ0v) is 28.6. The Morgan fingerprint density at radius 3 is 1.96 bits per heavy atom. The fourth-order valence-corrected chi connectivity index (χ4v) is 8.37. The predicted octanol–water partition coefficient (Wildman–Crippen LogP) is 13.8. The van der Waals surface area contributed by atoms with Gasteiger partial charge < -0.3 is 9.32 Å². The zero-order chi connectivity index (χ0) is 34.1. The van der Waals surface area contributed by atoms with Gasteiger partial charge in [-0.15, -0.1) is 0 Å².